The van der Waals surface area contributed by atoms with Gasteiger partial charge in [-0.2, -0.15) is 21.6 Å². The molecule has 8 aromatic carbocycles. The summed E-state index contributed by atoms with van der Waals surface area (Å²) in [5, 5.41) is 12.5. The van der Waals surface area contributed by atoms with Gasteiger partial charge in [0.25, 0.3) is 0 Å². The number of aryl methyl sites for hydroxylation is 1. The molecule has 0 aliphatic heterocycles. The molecule has 1 aliphatic carbocycles. The van der Waals surface area contributed by atoms with Crippen molar-refractivity contribution in [3.8, 4) is 16.9 Å². The van der Waals surface area contributed by atoms with Crippen LogP contribution >= 0.6 is 0 Å². The fourth-order valence-electron chi connectivity index (χ4n) is 7.41. The fourth-order valence-corrected chi connectivity index (χ4v) is 7.86. The Morgan fingerprint density at radius 2 is 0.935 bits per heavy atom. The average molecular weight is 629 g/mol. The lowest BCUT2D eigenvalue weighted by molar-refractivity contribution is -0.0500. The van der Waals surface area contributed by atoms with Gasteiger partial charge < -0.3 is 4.18 Å². The highest BCUT2D eigenvalue weighted by Gasteiger charge is 2.48. The van der Waals surface area contributed by atoms with Crippen molar-refractivity contribution >= 4 is 74.8 Å². The predicted molar refractivity (Wildman–Crippen MR) is 180 cm³/mol. The van der Waals surface area contributed by atoms with Gasteiger partial charge in [-0.1, -0.05) is 72.3 Å². The van der Waals surface area contributed by atoms with E-state index in [2.05, 4.69) is 77.8 Å². The molecule has 0 saturated heterocycles. The van der Waals surface area contributed by atoms with Gasteiger partial charge in [-0.25, -0.2) is 0 Å². The zero-order valence-corrected chi connectivity index (χ0v) is 25.2. The molecule has 0 heterocycles. The Morgan fingerprint density at radius 1 is 0.522 bits per heavy atom. The standard InChI is InChI=1S/C39H23F3O3S/c1-21-10-12-29-33(14-21)25-6-2-4-8-27(25)37-19-31-22(16-34(29)37)15-23-17-35-30-13-11-24(45-46(43,44)39(40,41)42)18-36(30)26-7-3-5-9-28(26)38(35)20-32(23)31/h2-14,16-20H,15H2,1H3. The molecule has 224 valence electrons. The highest BCUT2D eigenvalue weighted by atomic mass is 32.2. The zero-order valence-electron chi connectivity index (χ0n) is 24.4. The maximum Gasteiger partial charge on any atom is 0.534 e. The number of alkyl halides is 3. The van der Waals surface area contributed by atoms with Crippen LogP contribution in [0.1, 0.15) is 16.7 Å². The Balaban J connectivity index is 1.30. The quantitative estimate of drug-likeness (QED) is 0.109. The summed E-state index contributed by atoms with van der Waals surface area (Å²) in [6, 6.07) is 36.3. The highest BCUT2D eigenvalue weighted by Crippen LogP contribution is 2.47. The van der Waals surface area contributed by atoms with E-state index in [4.69, 9.17) is 0 Å². The van der Waals surface area contributed by atoms with E-state index in [-0.39, 0.29) is 5.75 Å². The summed E-state index contributed by atoms with van der Waals surface area (Å²) in [6.07, 6.45) is 0.746. The molecule has 0 radical (unpaired) electrons. The van der Waals surface area contributed by atoms with E-state index in [0.29, 0.717) is 5.39 Å². The van der Waals surface area contributed by atoms with Crippen LogP contribution in [0.4, 0.5) is 13.2 Å². The summed E-state index contributed by atoms with van der Waals surface area (Å²) in [5.74, 6) is -0.385. The minimum Gasteiger partial charge on any atom is -0.376 e. The molecule has 0 N–H and O–H groups in total. The van der Waals surface area contributed by atoms with Crippen molar-refractivity contribution in [2.45, 2.75) is 18.9 Å². The predicted octanol–water partition coefficient (Wildman–Crippen LogP) is 10.7. The Morgan fingerprint density at radius 3 is 1.43 bits per heavy atom. The second kappa shape index (κ2) is 9.21. The minimum absolute atomic E-state index is 0.385. The van der Waals surface area contributed by atoms with Crippen LogP contribution in [0.5, 0.6) is 5.75 Å². The Labute approximate surface area is 261 Å². The second-order valence-corrected chi connectivity index (χ2v) is 13.7. The van der Waals surface area contributed by atoms with Crippen LogP contribution < -0.4 is 4.18 Å². The van der Waals surface area contributed by atoms with E-state index in [1.807, 2.05) is 24.3 Å². The SMILES string of the molecule is Cc1ccc2c(c1)c1ccccc1c1cc3c(cc21)Cc1cc2c4ccc(OS(=O)(=O)C(F)(F)F)cc4c4ccccc4c2cc1-3. The number of hydrogen-bond donors (Lipinski definition) is 0. The summed E-state index contributed by atoms with van der Waals surface area (Å²) >= 11 is 0. The van der Waals surface area contributed by atoms with E-state index >= 15 is 0 Å². The topological polar surface area (TPSA) is 43.4 Å². The third-order valence-corrected chi connectivity index (χ3v) is 10.4. The van der Waals surface area contributed by atoms with Gasteiger partial charge in [0.1, 0.15) is 5.75 Å². The Kier molecular flexibility index (Phi) is 5.44. The van der Waals surface area contributed by atoms with Gasteiger partial charge >= 0.3 is 15.6 Å². The van der Waals surface area contributed by atoms with Crippen molar-refractivity contribution in [2.24, 2.45) is 0 Å². The summed E-state index contributed by atoms with van der Waals surface area (Å²) < 4.78 is 67.3. The third-order valence-electron chi connectivity index (χ3n) is 9.41. The van der Waals surface area contributed by atoms with Gasteiger partial charge in [0.15, 0.2) is 0 Å². The van der Waals surface area contributed by atoms with Gasteiger partial charge in [0, 0.05) is 0 Å². The number of rotatable bonds is 2. The van der Waals surface area contributed by atoms with Gasteiger partial charge in [0.2, 0.25) is 0 Å². The van der Waals surface area contributed by atoms with Gasteiger partial charge in [0.05, 0.1) is 0 Å². The minimum atomic E-state index is -5.80. The Hall–Kier alpha value is -5.14. The van der Waals surface area contributed by atoms with E-state index in [1.165, 1.54) is 72.3 Å². The molecular formula is C39H23F3O3S. The van der Waals surface area contributed by atoms with Crippen molar-refractivity contribution in [3.05, 3.63) is 126 Å². The molecule has 0 atom stereocenters. The van der Waals surface area contributed by atoms with E-state index < -0.39 is 15.6 Å². The molecule has 0 aromatic heterocycles. The molecule has 0 saturated carbocycles. The number of halogens is 3. The van der Waals surface area contributed by atoms with Crippen molar-refractivity contribution in [1.29, 1.82) is 0 Å². The van der Waals surface area contributed by atoms with E-state index in [0.717, 1.165) is 33.4 Å². The summed E-state index contributed by atoms with van der Waals surface area (Å²) in [6.45, 7) is 2.12. The third kappa shape index (κ3) is 3.81. The number of hydrogen-bond acceptors (Lipinski definition) is 3. The van der Waals surface area contributed by atoms with Crippen molar-refractivity contribution in [2.75, 3.05) is 0 Å². The smallest absolute Gasteiger partial charge is 0.376 e. The molecular weight excluding hydrogens is 605 g/mol. The second-order valence-electron chi connectivity index (χ2n) is 12.1. The fraction of sp³-hybridized carbons (Fsp3) is 0.0769. The van der Waals surface area contributed by atoms with Gasteiger partial charge in [-0.3, -0.25) is 0 Å². The van der Waals surface area contributed by atoms with Crippen molar-refractivity contribution in [3.63, 3.8) is 0 Å². The van der Waals surface area contributed by atoms with Crippen LogP contribution in [-0.4, -0.2) is 13.9 Å². The first kappa shape index (κ1) is 27.2. The highest BCUT2D eigenvalue weighted by molar-refractivity contribution is 7.88. The summed E-state index contributed by atoms with van der Waals surface area (Å²) in [5.41, 5.74) is 0.475. The lowest BCUT2D eigenvalue weighted by Crippen LogP contribution is -2.28. The van der Waals surface area contributed by atoms with Crippen molar-refractivity contribution < 1.29 is 25.8 Å². The summed E-state index contributed by atoms with van der Waals surface area (Å²) in [7, 11) is -5.80. The van der Waals surface area contributed by atoms with Crippen LogP contribution in [0.2, 0.25) is 0 Å². The summed E-state index contributed by atoms with van der Waals surface area (Å²) in [4.78, 5) is 0. The first-order valence-electron chi connectivity index (χ1n) is 14.9. The maximum atomic E-state index is 13.1. The lowest BCUT2D eigenvalue weighted by atomic mass is 9.89. The average Bonchev–Trinajstić information content (AvgIpc) is 3.39. The molecule has 0 amide bonds. The lowest BCUT2D eigenvalue weighted by Gasteiger charge is -2.15. The van der Waals surface area contributed by atoms with Gasteiger partial charge in [-0.05, 0) is 143 Å². The zero-order chi connectivity index (χ0) is 31.5. The maximum absolute atomic E-state index is 13.1. The molecule has 3 nitrogen and oxygen atoms in total. The molecule has 0 unspecified atom stereocenters. The van der Waals surface area contributed by atoms with Crippen LogP contribution in [0.15, 0.2) is 109 Å². The van der Waals surface area contributed by atoms with Gasteiger partial charge in [-0.15, -0.1) is 0 Å². The molecule has 0 spiro atoms. The largest absolute Gasteiger partial charge is 0.534 e. The first-order valence-corrected chi connectivity index (χ1v) is 16.3. The molecule has 0 bridgehead atoms. The Bertz CT molecular complexity index is 2760. The molecule has 0 fully saturated rings. The molecule has 1 aliphatic rings. The van der Waals surface area contributed by atoms with E-state index in [1.54, 1.807) is 6.07 Å². The molecule has 9 rings (SSSR count). The number of benzene rings is 8. The van der Waals surface area contributed by atoms with E-state index in [9.17, 15) is 21.6 Å². The normalized spacial score (nSPS) is 13.3. The van der Waals surface area contributed by atoms with Crippen LogP contribution in [-0.2, 0) is 16.5 Å². The van der Waals surface area contributed by atoms with Crippen molar-refractivity contribution in [1.82, 2.24) is 0 Å². The molecule has 46 heavy (non-hydrogen) atoms. The van der Waals surface area contributed by atoms with Crippen LogP contribution in [0.3, 0.4) is 0 Å². The number of fused-ring (bicyclic) bond motifs is 15. The monoisotopic (exact) mass is 628 g/mol. The van der Waals surface area contributed by atoms with Crippen LogP contribution in [0.25, 0.3) is 75.8 Å². The van der Waals surface area contributed by atoms with Crippen LogP contribution in [0, 0.1) is 6.92 Å². The molecule has 7 heteroatoms. The first-order chi connectivity index (χ1) is 22.1. The molecule has 8 aromatic rings.